The SMILES string of the molecule is CNc1cc(C(=O)NC(C)c2nccs2)cc(C)n1. The molecular weight excluding hydrogens is 260 g/mol. The van der Waals surface area contributed by atoms with Crippen molar-refractivity contribution in [1.82, 2.24) is 15.3 Å². The number of hydrogen-bond acceptors (Lipinski definition) is 5. The summed E-state index contributed by atoms with van der Waals surface area (Å²) < 4.78 is 0. The first-order valence-electron chi connectivity index (χ1n) is 5.97. The molecule has 0 aromatic carbocycles. The predicted octanol–water partition coefficient (Wildman–Crippen LogP) is 2.38. The van der Waals surface area contributed by atoms with Crippen molar-refractivity contribution in [2.75, 3.05) is 12.4 Å². The minimum absolute atomic E-state index is 0.0981. The highest BCUT2D eigenvalue weighted by Gasteiger charge is 2.14. The Morgan fingerprint density at radius 1 is 1.42 bits per heavy atom. The highest BCUT2D eigenvalue weighted by atomic mass is 32.1. The van der Waals surface area contributed by atoms with E-state index < -0.39 is 0 Å². The molecule has 0 bridgehead atoms. The minimum atomic E-state index is -0.121. The molecule has 100 valence electrons. The van der Waals surface area contributed by atoms with E-state index >= 15 is 0 Å². The van der Waals surface area contributed by atoms with E-state index in [1.54, 1.807) is 25.4 Å². The Morgan fingerprint density at radius 3 is 2.84 bits per heavy atom. The molecule has 0 radical (unpaired) electrons. The number of nitrogens with zero attached hydrogens (tertiary/aromatic N) is 2. The number of thiazole rings is 1. The van der Waals surface area contributed by atoms with Gasteiger partial charge in [0.15, 0.2) is 0 Å². The van der Waals surface area contributed by atoms with Crippen LogP contribution in [0.3, 0.4) is 0 Å². The van der Waals surface area contributed by atoms with Crippen molar-refractivity contribution in [1.29, 1.82) is 0 Å². The van der Waals surface area contributed by atoms with Gasteiger partial charge in [-0.25, -0.2) is 9.97 Å². The lowest BCUT2D eigenvalue weighted by molar-refractivity contribution is 0.0939. The van der Waals surface area contributed by atoms with Gasteiger partial charge in [-0.1, -0.05) is 0 Å². The fraction of sp³-hybridized carbons (Fsp3) is 0.308. The second-order valence-electron chi connectivity index (χ2n) is 4.20. The fourth-order valence-electron chi connectivity index (χ4n) is 1.72. The van der Waals surface area contributed by atoms with Crippen molar-refractivity contribution in [2.24, 2.45) is 0 Å². The predicted molar refractivity (Wildman–Crippen MR) is 76.5 cm³/mol. The molecule has 2 aromatic rings. The summed E-state index contributed by atoms with van der Waals surface area (Å²) in [5.74, 6) is 0.566. The summed E-state index contributed by atoms with van der Waals surface area (Å²) in [7, 11) is 1.78. The normalized spacial score (nSPS) is 11.9. The molecule has 0 saturated heterocycles. The topological polar surface area (TPSA) is 66.9 Å². The third kappa shape index (κ3) is 3.29. The molecule has 6 heteroatoms. The van der Waals surface area contributed by atoms with Crippen LogP contribution in [0, 0.1) is 6.92 Å². The molecule has 0 fully saturated rings. The van der Waals surface area contributed by atoms with Crippen molar-refractivity contribution < 1.29 is 4.79 Å². The molecule has 2 rings (SSSR count). The fourth-order valence-corrected chi connectivity index (χ4v) is 2.36. The van der Waals surface area contributed by atoms with E-state index in [0.29, 0.717) is 11.4 Å². The molecule has 19 heavy (non-hydrogen) atoms. The Bertz CT molecular complexity index is 568. The van der Waals surface area contributed by atoms with Gasteiger partial charge in [-0.05, 0) is 26.0 Å². The number of rotatable bonds is 4. The molecule has 1 amide bonds. The summed E-state index contributed by atoms with van der Waals surface area (Å²) in [5, 5.41) is 8.67. The molecule has 0 aliphatic rings. The van der Waals surface area contributed by atoms with Gasteiger partial charge < -0.3 is 10.6 Å². The number of amides is 1. The van der Waals surface area contributed by atoms with E-state index in [0.717, 1.165) is 10.7 Å². The zero-order valence-corrected chi connectivity index (χ0v) is 11.9. The van der Waals surface area contributed by atoms with Gasteiger partial charge in [-0.2, -0.15) is 0 Å². The lowest BCUT2D eigenvalue weighted by Gasteiger charge is -2.12. The molecule has 2 N–H and O–H groups in total. The van der Waals surface area contributed by atoms with Crippen LogP contribution in [0.1, 0.15) is 34.0 Å². The van der Waals surface area contributed by atoms with Crippen LogP contribution in [-0.4, -0.2) is 22.9 Å². The second-order valence-corrected chi connectivity index (χ2v) is 5.12. The number of aryl methyl sites for hydroxylation is 1. The van der Waals surface area contributed by atoms with Crippen molar-refractivity contribution in [3.63, 3.8) is 0 Å². The largest absolute Gasteiger partial charge is 0.373 e. The highest BCUT2D eigenvalue weighted by molar-refractivity contribution is 7.09. The molecule has 1 atom stereocenters. The lowest BCUT2D eigenvalue weighted by Crippen LogP contribution is -2.26. The Kier molecular flexibility index (Phi) is 4.11. The maximum absolute atomic E-state index is 12.2. The summed E-state index contributed by atoms with van der Waals surface area (Å²) in [6, 6.07) is 3.40. The van der Waals surface area contributed by atoms with Crippen LogP contribution in [-0.2, 0) is 0 Å². The number of pyridine rings is 1. The third-order valence-electron chi connectivity index (χ3n) is 2.64. The van der Waals surface area contributed by atoms with Crippen molar-refractivity contribution in [3.05, 3.63) is 40.0 Å². The Morgan fingerprint density at radius 2 is 2.21 bits per heavy atom. The van der Waals surface area contributed by atoms with Gasteiger partial charge in [-0.3, -0.25) is 4.79 Å². The third-order valence-corrected chi connectivity index (χ3v) is 3.60. The van der Waals surface area contributed by atoms with E-state index in [4.69, 9.17) is 0 Å². The number of carbonyl (C=O) groups excluding carboxylic acids is 1. The monoisotopic (exact) mass is 276 g/mol. The first-order valence-corrected chi connectivity index (χ1v) is 6.85. The first kappa shape index (κ1) is 13.5. The van der Waals surface area contributed by atoms with Gasteiger partial charge >= 0.3 is 0 Å². The van der Waals surface area contributed by atoms with Gasteiger partial charge in [0, 0.05) is 29.9 Å². The highest BCUT2D eigenvalue weighted by Crippen LogP contribution is 2.16. The maximum atomic E-state index is 12.2. The van der Waals surface area contributed by atoms with Crippen LogP contribution < -0.4 is 10.6 Å². The van der Waals surface area contributed by atoms with Crippen molar-refractivity contribution in [2.45, 2.75) is 19.9 Å². The summed E-state index contributed by atoms with van der Waals surface area (Å²) >= 11 is 1.53. The zero-order chi connectivity index (χ0) is 13.8. The average molecular weight is 276 g/mol. The summed E-state index contributed by atoms with van der Waals surface area (Å²) in [6.07, 6.45) is 1.73. The number of aromatic nitrogens is 2. The summed E-state index contributed by atoms with van der Waals surface area (Å²) in [6.45, 7) is 3.78. The van der Waals surface area contributed by atoms with E-state index in [2.05, 4.69) is 20.6 Å². The average Bonchev–Trinajstić information content (AvgIpc) is 2.91. The molecule has 2 heterocycles. The minimum Gasteiger partial charge on any atom is -0.373 e. The van der Waals surface area contributed by atoms with E-state index in [1.165, 1.54) is 11.3 Å². The lowest BCUT2D eigenvalue weighted by atomic mass is 10.2. The van der Waals surface area contributed by atoms with Gasteiger partial charge in [0.2, 0.25) is 0 Å². The van der Waals surface area contributed by atoms with Gasteiger partial charge in [0.1, 0.15) is 10.8 Å². The molecule has 5 nitrogen and oxygen atoms in total. The van der Waals surface area contributed by atoms with Crippen LogP contribution in [0.4, 0.5) is 5.82 Å². The number of nitrogens with one attached hydrogen (secondary N) is 2. The standard InChI is InChI=1S/C13H16N4OS/c1-8-6-10(7-11(14-3)16-8)12(18)17-9(2)13-15-4-5-19-13/h4-7,9H,1-3H3,(H,14,16)(H,17,18). The molecule has 2 aromatic heterocycles. The summed E-state index contributed by atoms with van der Waals surface area (Å²) in [5.41, 5.74) is 1.40. The van der Waals surface area contributed by atoms with Crippen LogP contribution in [0.15, 0.2) is 23.7 Å². The molecule has 0 aliphatic carbocycles. The molecule has 0 aliphatic heterocycles. The van der Waals surface area contributed by atoms with Crippen LogP contribution >= 0.6 is 11.3 Å². The molecule has 0 spiro atoms. The van der Waals surface area contributed by atoms with Crippen molar-refractivity contribution >= 4 is 23.1 Å². The van der Waals surface area contributed by atoms with E-state index in [-0.39, 0.29) is 11.9 Å². The second kappa shape index (κ2) is 5.79. The zero-order valence-electron chi connectivity index (χ0n) is 11.1. The van der Waals surface area contributed by atoms with E-state index in [1.807, 2.05) is 19.2 Å². The van der Waals surface area contributed by atoms with Crippen LogP contribution in [0.25, 0.3) is 0 Å². The molecule has 1 unspecified atom stereocenters. The number of carbonyl (C=O) groups is 1. The maximum Gasteiger partial charge on any atom is 0.252 e. The van der Waals surface area contributed by atoms with Gasteiger partial charge in [0.25, 0.3) is 5.91 Å². The van der Waals surface area contributed by atoms with Gasteiger partial charge in [0.05, 0.1) is 6.04 Å². The number of anilines is 1. The smallest absolute Gasteiger partial charge is 0.252 e. The quantitative estimate of drug-likeness (QED) is 0.899. The van der Waals surface area contributed by atoms with Crippen LogP contribution in [0.5, 0.6) is 0 Å². The Balaban J connectivity index is 2.13. The summed E-state index contributed by atoms with van der Waals surface area (Å²) in [4.78, 5) is 20.6. The van der Waals surface area contributed by atoms with Gasteiger partial charge in [-0.15, -0.1) is 11.3 Å². The van der Waals surface area contributed by atoms with Crippen molar-refractivity contribution in [3.8, 4) is 0 Å². The molecular formula is C13H16N4OS. The van der Waals surface area contributed by atoms with Crippen LogP contribution in [0.2, 0.25) is 0 Å². The Labute approximate surface area is 116 Å². The number of hydrogen-bond donors (Lipinski definition) is 2. The Hall–Kier alpha value is -1.95. The van der Waals surface area contributed by atoms with E-state index in [9.17, 15) is 4.79 Å². The first-order chi connectivity index (χ1) is 9.10. The molecule has 0 saturated carbocycles.